The topological polar surface area (TPSA) is 87.7 Å². The number of nitrogens with zero attached hydrogens (tertiary/aromatic N) is 1. The highest BCUT2D eigenvalue weighted by Crippen LogP contribution is 2.32. The molecule has 1 aliphatic heterocycles. The Balaban J connectivity index is 1.55. The maximum Gasteiger partial charge on any atom is 0.283 e. The first-order valence-electron chi connectivity index (χ1n) is 11.0. The summed E-state index contributed by atoms with van der Waals surface area (Å²) in [5.74, 6) is -0.926. The molecular weight excluding hydrogens is 466 g/mol. The van der Waals surface area contributed by atoms with Gasteiger partial charge in [-0.2, -0.15) is 0 Å². The molecule has 3 amide bonds. The number of methoxy groups -OCH3 is 1. The average molecular weight is 490 g/mol. The van der Waals surface area contributed by atoms with Crippen molar-refractivity contribution in [2.45, 2.75) is 20.3 Å². The third-order valence-corrected chi connectivity index (χ3v) is 6.09. The highest BCUT2D eigenvalue weighted by Gasteiger charge is 2.39. The van der Waals surface area contributed by atoms with Crippen LogP contribution in [-0.2, 0) is 16.0 Å². The van der Waals surface area contributed by atoms with Crippen LogP contribution in [0.5, 0.6) is 5.75 Å². The molecule has 8 heteroatoms. The van der Waals surface area contributed by atoms with Crippen LogP contribution in [0, 0.1) is 6.92 Å². The van der Waals surface area contributed by atoms with Crippen molar-refractivity contribution in [2.24, 2.45) is 0 Å². The van der Waals surface area contributed by atoms with Gasteiger partial charge in [0.25, 0.3) is 17.7 Å². The fourth-order valence-corrected chi connectivity index (χ4v) is 3.85. The number of aryl methyl sites for hydroxylation is 2. The van der Waals surface area contributed by atoms with E-state index in [9.17, 15) is 14.4 Å². The number of anilines is 3. The molecule has 0 unspecified atom stereocenters. The molecule has 0 saturated heterocycles. The highest BCUT2D eigenvalue weighted by atomic mass is 35.5. The molecule has 3 aromatic carbocycles. The van der Waals surface area contributed by atoms with Gasteiger partial charge in [-0.15, -0.1) is 0 Å². The Kier molecular flexibility index (Phi) is 6.89. The van der Waals surface area contributed by atoms with E-state index in [4.69, 9.17) is 16.3 Å². The van der Waals surface area contributed by atoms with Crippen molar-refractivity contribution < 1.29 is 19.1 Å². The fourth-order valence-electron chi connectivity index (χ4n) is 3.64. The lowest BCUT2D eigenvalue weighted by Crippen LogP contribution is -2.32. The first kappa shape index (κ1) is 24.0. The third-order valence-electron chi connectivity index (χ3n) is 5.74. The van der Waals surface area contributed by atoms with E-state index in [1.54, 1.807) is 42.5 Å². The second kappa shape index (κ2) is 10.0. The normalized spacial score (nSPS) is 13.3. The van der Waals surface area contributed by atoms with Gasteiger partial charge in [0.1, 0.15) is 16.5 Å². The molecule has 0 fully saturated rings. The number of imide groups is 1. The number of hydrogen-bond acceptors (Lipinski definition) is 5. The SMILES string of the molecule is CCc1ccc(NC(=O)c2ccc(C)c(NC3=C(Cl)C(=O)N(c4ccc(OC)cc4)C3=O)c2)cc1. The van der Waals surface area contributed by atoms with Gasteiger partial charge in [0, 0.05) is 16.9 Å². The third kappa shape index (κ3) is 4.90. The molecule has 0 bridgehead atoms. The molecule has 0 spiro atoms. The van der Waals surface area contributed by atoms with Crippen LogP contribution in [0.25, 0.3) is 0 Å². The molecular formula is C27H24ClN3O4. The number of hydrogen-bond donors (Lipinski definition) is 2. The molecule has 0 saturated carbocycles. The van der Waals surface area contributed by atoms with Crippen LogP contribution in [0.3, 0.4) is 0 Å². The summed E-state index contributed by atoms with van der Waals surface area (Å²) in [6.45, 7) is 3.89. The van der Waals surface area contributed by atoms with Crippen molar-refractivity contribution in [1.29, 1.82) is 0 Å². The van der Waals surface area contributed by atoms with Crippen molar-refractivity contribution in [3.63, 3.8) is 0 Å². The molecule has 1 heterocycles. The van der Waals surface area contributed by atoms with Crippen molar-refractivity contribution in [3.05, 3.63) is 94.1 Å². The zero-order valence-electron chi connectivity index (χ0n) is 19.5. The molecule has 178 valence electrons. The monoisotopic (exact) mass is 489 g/mol. The molecule has 7 nitrogen and oxygen atoms in total. The lowest BCUT2D eigenvalue weighted by Gasteiger charge is -2.16. The Morgan fingerprint density at radius 3 is 2.29 bits per heavy atom. The second-order valence-corrected chi connectivity index (χ2v) is 8.37. The van der Waals surface area contributed by atoms with Crippen LogP contribution < -0.4 is 20.3 Å². The van der Waals surface area contributed by atoms with Crippen LogP contribution in [0.15, 0.2) is 77.5 Å². The number of carbonyl (C=O) groups excluding carboxylic acids is 3. The summed E-state index contributed by atoms with van der Waals surface area (Å²) >= 11 is 6.26. The number of carbonyl (C=O) groups is 3. The van der Waals surface area contributed by atoms with Crippen molar-refractivity contribution in [3.8, 4) is 5.75 Å². The number of nitrogens with one attached hydrogen (secondary N) is 2. The van der Waals surface area contributed by atoms with Gasteiger partial charge in [-0.05, 0) is 73.0 Å². The Bertz CT molecular complexity index is 1330. The lowest BCUT2D eigenvalue weighted by atomic mass is 10.1. The van der Waals surface area contributed by atoms with E-state index in [-0.39, 0.29) is 16.6 Å². The summed E-state index contributed by atoms with van der Waals surface area (Å²) in [6, 6.07) is 19.2. The summed E-state index contributed by atoms with van der Waals surface area (Å²) in [4.78, 5) is 39.7. The van der Waals surface area contributed by atoms with Crippen LogP contribution in [-0.4, -0.2) is 24.8 Å². The van der Waals surface area contributed by atoms with Gasteiger partial charge in [-0.1, -0.05) is 36.7 Å². The first-order valence-corrected chi connectivity index (χ1v) is 11.4. The highest BCUT2D eigenvalue weighted by molar-refractivity contribution is 6.53. The average Bonchev–Trinajstić information content (AvgIpc) is 3.08. The smallest absolute Gasteiger partial charge is 0.283 e. The zero-order chi connectivity index (χ0) is 25.1. The van der Waals surface area contributed by atoms with Gasteiger partial charge in [-0.25, -0.2) is 4.90 Å². The van der Waals surface area contributed by atoms with Gasteiger partial charge in [0.15, 0.2) is 0 Å². The van der Waals surface area contributed by atoms with Gasteiger partial charge < -0.3 is 15.4 Å². The molecule has 2 N–H and O–H groups in total. The quantitative estimate of drug-likeness (QED) is 0.442. The number of rotatable bonds is 7. The molecule has 0 atom stereocenters. The van der Waals surface area contributed by atoms with Crippen LogP contribution >= 0.6 is 11.6 Å². The Hall–Kier alpha value is -4.10. The molecule has 0 aliphatic carbocycles. The van der Waals surface area contributed by atoms with Crippen LogP contribution in [0.4, 0.5) is 17.1 Å². The summed E-state index contributed by atoms with van der Waals surface area (Å²) in [5, 5.41) is 5.61. The van der Waals surface area contributed by atoms with E-state index >= 15 is 0 Å². The molecule has 4 rings (SSSR count). The van der Waals surface area contributed by atoms with E-state index in [0.717, 1.165) is 16.9 Å². The largest absolute Gasteiger partial charge is 0.497 e. The van der Waals surface area contributed by atoms with Crippen molar-refractivity contribution in [2.75, 3.05) is 22.6 Å². The standard InChI is InChI=1S/C27H24ClN3O4/c1-4-17-6-9-19(10-7-17)29-25(32)18-8-5-16(2)22(15-18)30-24-23(28)26(33)31(27(24)34)20-11-13-21(35-3)14-12-20/h5-15,30H,4H2,1-3H3,(H,29,32). The van der Waals surface area contributed by atoms with Crippen LogP contribution in [0.1, 0.15) is 28.4 Å². The van der Waals surface area contributed by atoms with Gasteiger partial charge >= 0.3 is 0 Å². The molecule has 1 aliphatic rings. The molecule has 35 heavy (non-hydrogen) atoms. The van der Waals surface area contributed by atoms with E-state index in [1.807, 2.05) is 31.2 Å². The summed E-state index contributed by atoms with van der Waals surface area (Å²) in [6.07, 6.45) is 0.913. The fraction of sp³-hybridized carbons (Fsp3) is 0.148. The lowest BCUT2D eigenvalue weighted by molar-refractivity contribution is -0.120. The maximum absolute atomic E-state index is 13.1. The predicted octanol–water partition coefficient (Wildman–Crippen LogP) is 5.25. The minimum absolute atomic E-state index is 0.0525. The van der Waals surface area contributed by atoms with Crippen molar-refractivity contribution >= 4 is 46.4 Å². The predicted molar refractivity (Wildman–Crippen MR) is 137 cm³/mol. The van der Waals surface area contributed by atoms with Gasteiger partial charge in [-0.3, -0.25) is 14.4 Å². The van der Waals surface area contributed by atoms with E-state index in [1.165, 1.54) is 12.7 Å². The Labute approximate surface area is 208 Å². The number of halogens is 1. The van der Waals surface area contributed by atoms with Gasteiger partial charge in [0.05, 0.1) is 12.8 Å². The Morgan fingerprint density at radius 1 is 0.971 bits per heavy atom. The molecule has 3 aromatic rings. The number of ether oxygens (including phenoxy) is 1. The number of amides is 3. The van der Waals surface area contributed by atoms with E-state index in [2.05, 4.69) is 17.6 Å². The Morgan fingerprint density at radius 2 is 1.66 bits per heavy atom. The maximum atomic E-state index is 13.1. The summed E-state index contributed by atoms with van der Waals surface area (Å²) in [5.41, 5.74) is 3.82. The van der Waals surface area contributed by atoms with E-state index < -0.39 is 11.8 Å². The minimum atomic E-state index is -0.633. The number of benzene rings is 3. The summed E-state index contributed by atoms with van der Waals surface area (Å²) < 4.78 is 5.13. The first-order chi connectivity index (χ1) is 16.8. The zero-order valence-corrected chi connectivity index (χ0v) is 20.3. The van der Waals surface area contributed by atoms with Crippen LogP contribution in [0.2, 0.25) is 0 Å². The summed E-state index contributed by atoms with van der Waals surface area (Å²) in [7, 11) is 1.53. The second-order valence-electron chi connectivity index (χ2n) is 7.99. The molecule has 0 aromatic heterocycles. The molecule has 0 radical (unpaired) electrons. The van der Waals surface area contributed by atoms with Gasteiger partial charge in [0.2, 0.25) is 0 Å². The van der Waals surface area contributed by atoms with Crippen molar-refractivity contribution in [1.82, 2.24) is 0 Å². The van der Waals surface area contributed by atoms with E-state index in [0.29, 0.717) is 28.4 Å². The minimum Gasteiger partial charge on any atom is -0.497 e.